The van der Waals surface area contributed by atoms with Gasteiger partial charge >= 0.3 is 0 Å². The Morgan fingerprint density at radius 2 is 2.17 bits per heavy atom. The van der Waals surface area contributed by atoms with Crippen LogP contribution in [0.4, 0.5) is 0 Å². The second kappa shape index (κ2) is 2.88. The van der Waals surface area contributed by atoms with Gasteiger partial charge in [-0.3, -0.25) is 0 Å². The number of rotatable bonds is 0. The maximum atomic E-state index is 9.82. The van der Waals surface area contributed by atoms with Crippen LogP contribution in [0.25, 0.3) is 0 Å². The summed E-state index contributed by atoms with van der Waals surface area (Å²) in [6.07, 6.45) is 5.76. The molecule has 1 nitrogen and oxygen atoms in total. The fourth-order valence-electron chi connectivity index (χ4n) is 2.76. The van der Waals surface area contributed by atoms with Crippen molar-refractivity contribution in [2.75, 3.05) is 0 Å². The minimum absolute atomic E-state index is 0.0622. The maximum absolute atomic E-state index is 9.82. The van der Waals surface area contributed by atoms with Crippen LogP contribution in [-0.4, -0.2) is 11.2 Å². The van der Waals surface area contributed by atoms with Crippen molar-refractivity contribution in [3.63, 3.8) is 0 Å². The molecule has 1 fully saturated rings. The summed E-state index contributed by atoms with van der Waals surface area (Å²) in [7, 11) is 0. The molecule has 0 aromatic carbocycles. The van der Waals surface area contributed by atoms with Gasteiger partial charge in [-0.25, -0.2) is 0 Å². The molecule has 2 aliphatic rings. The molecule has 0 aliphatic heterocycles. The van der Waals surface area contributed by atoms with Crippen LogP contribution < -0.4 is 0 Å². The summed E-state index contributed by atoms with van der Waals surface area (Å²) in [5.41, 5.74) is 1.42. The molecule has 0 aromatic rings. The largest absolute Gasteiger partial charge is 0.392 e. The Morgan fingerprint density at radius 1 is 1.42 bits per heavy atom. The third-order valence-corrected chi connectivity index (χ3v) is 3.77. The van der Waals surface area contributed by atoms with Crippen LogP contribution in [0.5, 0.6) is 0 Å². The lowest BCUT2D eigenvalue weighted by molar-refractivity contribution is 0.0301. The van der Waals surface area contributed by atoms with E-state index in [0.717, 1.165) is 18.3 Å². The second-order valence-corrected chi connectivity index (χ2v) is 4.57. The topological polar surface area (TPSA) is 20.2 Å². The summed E-state index contributed by atoms with van der Waals surface area (Å²) < 4.78 is 0. The molecule has 0 saturated heterocycles. The van der Waals surface area contributed by atoms with Gasteiger partial charge in [-0.2, -0.15) is 0 Å². The van der Waals surface area contributed by atoms with E-state index in [1.54, 1.807) is 0 Å². The SMILES string of the molecule is CC1=CC[C@@H]2C[C@H]1[C@H](O)C[C@@H]2C. The zero-order valence-electron chi connectivity index (χ0n) is 7.96. The van der Waals surface area contributed by atoms with E-state index in [4.69, 9.17) is 0 Å². The highest BCUT2D eigenvalue weighted by atomic mass is 16.3. The highest BCUT2D eigenvalue weighted by molar-refractivity contribution is 5.13. The van der Waals surface area contributed by atoms with Crippen LogP contribution in [0.1, 0.15) is 33.1 Å². The van der Waals surface area contributed by atoms with Gasteiger partial charge in [-0.1, -0.05) is 18.6 Å². The van der Waals surface area contributed by atoms with Gasteiger partial charge in [0.2, 0.25) is 0 Å². The average Bonchev–Trinajstić information content (AvgIpc) is 2.03. The molecule has 12 heavy (non-hydrogen) atoms. The Balaban J connectivity index is 2.21. The van der Waals surface area contributed by atoms with Crippen LogP contribution in [0, 0.1) is 17.8 Å². The molecule has 68 valence electrons. The van der Waals surface area contributed by atoms with Gasteiger partial charge in [0.1, 0.15) is 0 Å². The number of allylic oxidation sites excluding steroid dienone is 1. The van der Waals surface area contributed by atoms with E-state index in [1.807, 2.05) is 0 Å². The van der Waals surface area contributed by atoms with Crippen molar-refractivity contribution in [3.8, 4) is 0 Å². The first-order valence-corrected chi connectivity index (χ1v) is 5.03. The van der Waals surface area contributed by atoms with Crippen LogP contribution in [-0.2, 0) is 0 Å². The highest BCUT2D eigenvalue weighted by Crippen LogP contribution is 2.42. The zero-order valence-corrected chi connectivity index (χ0v) is 7.96. The number of aliphatic hydroxyl groups is 1. The molecule has 4 atom stereocenters. The zero-order chi connectivity index (χ0) is 8.72. The van der Waals surface area contributed by atoms with Crippen LogP contribution in [0.15, 0.2) is 11.6 Å². The van der Waals surface area contributed by atoms with Crippen molar-refractivity contribution in [3.05, 3.63) is 11.6 Å². The van der Waals surface area contributed by atoms with Gasteiger partial charge in [0, 0.05) is 5.92 Å². The lowest BCUT2D eigenvalue weighted by Gasteiger charge is -2.41. The van der Waals surface area contributed by atoms with Gasteiger partial charge in [0.15, 0.2) is 0 Å². The molecule has 2 bridgehead atoms. The first-order chi connectivity index (χ1) is 5.68. The van der Waals surface area contributed by atoms with E-state index < -0.39 is 0 Å². The van der Waals surface area contributed by atoms with Crippen LogP contribution in [0.2, 0.25) is 0 Å². The smallest absolute Gasteiger partial charge is 0.0608 e. The Bertz CT molecular complexity index is 207. The van der Waals surface area contributed by atoms with Gasteiger partial charge in [-0.15, -0.1) is 0 Å². The van der Waals surface area contributed by atoms with Gasteiger partial charge in [0.25, 0.3) is 0 Å². The maximum Gasteiger partial charge on any atom is 0.0608 e. The molecule has 0 spiro atoms. The minimum atomic E-state index is -0.0622. The summed E-state index contributed by atoms with van der Waals surface area (Å²) in [6, 6.07) is 0. The molecule has 0 heterocycles. The van der Waals surface area contributed by atoms with Crippen LogP contribution >= 0.6 is 0 Å². The number of hydrogen-bond acceptors (Lipinski definition) is 1. The van der Waals surface area contributed by atoms with E-state index in [2.05, 4.69) is 19.9 Å². The summed E-state index contributed by atoms with van der Waals surface area (Å²) in [4.78, 5) is 0. The quantitative estimate of drug-likeness (QED) is 0.548. The number of aliphatic hydroxyl groups excluding tert-OH is 1. The van der Waals surface area contributed by atoms with E-state index in [-0.39, 0.29) is 6.10 Å². The monoisotopic (exact) mass is 166 g/mol. The summed E-state index contributed by atoms with van der Waals surface area (Å²) in [5, 5.41) is 9.82. The lowest BCUT2D eigenvalue weighted by atomic mass is 9.66. The summed E-state index contributed by atoms with van der Waals surface area (Å²) >= 11 is 0. The summed E-state index contributed by atoms with van der Waals surface area (Å²) in [6.45, 7) is 4.44. The molecular weight excluding hydrogens is 148 g/mol. The van der Waals surface area contributed by atoms with Gasteiger partial charge in [0.05, 0.1) is 6.10 Å². The third-order valence-electron chi connectivity index (χ3n) is 3.77. The van der Waals surface area contributed by atoms with Crippen molar-refractivity contribution < 1.29 is 5.11 Å². The van der Waals surface area contributed by atoms with Gasteiger partial charge < -0.3 is 5.11 Å². The molecule has 2 aliphatic carbocycles. The molecule has 1 N–H and O–H groups in total. The minimum Gasteiger partial charge on any atom is -0.392 e. The standard InChI is InChI=1S/C11H18O/c1-7-3-4-9-6-10(7)11(12)5-8(9)2/h3,8-12H,4-6H2,1-2H3/t8-,9+,10+,11+/m0/s1. The highest BCUT2D eigenvalue weighted by Gasteiger charge is 2.36. The molecule has 2 rings (SSSR count). The van der Waals surface area contributed by atoms with Gasteiger partial charge in [-0.05, 0) is 38.0 Å². The third kappa shape index (κ3) is 1.20. The Kier molecular flexibility index (Phi) is 1.99. The average molecular weight is 166 g/mol. The van der Waals surface area contributed by atoms with Crippen molar-refractivity contribution >= 4 is 0 Å². The van der Waals surface area contributed by atoms with Crippen LogP contribution in [0.3, 0.4) is 0 Å². The fourth-order valence-corrected chi connectivity index (χ4v) is 2.76. The number of fused-ring (bicyclic) bond motifs is 2. The van der Waals surface area contributed by atoms with Crippen molar-refractivity contribution in [2.45, 2.75) is 39.2 Å². The molecule has 0 unspecified atom stereocenters. The normalized spacial score (nSPS) is 47.1. The number of hydrogen-bond donors (Lipinski definition) is 1. The molecular formula is C11H18O. The Morgan fingerprint density at radius 3 is 2.92 bits per heavy atom. The summed E-state index contributed by atoms with van der Waals surface area (Å²) in [5.74, 6) is 2.06. The Hall–Kier alpha value is -0.300. The molecule has 1 saturated carbocycles. The van der Waals surface area contributed by atoms with E-state index in [9.17, 15) is 5.11 Å². The predicted molar refractivity (Wildman–Crippen MR) is 49.8 cm³/mol. The molecule has 1 heteroatoms. The Labute approximate surface area is 74.5 Å². The second-order valence-electron chi connectivity index (χ2n) is 4.57. The van der Waals surface area contributed by atoms with E-state index in [1.165, 1.54) is 18.4 Å². The molecule has 0 radical (unpaired) electrons. The molecule has 0 amide bonds. The molecule has 0 aromatic heterocycles. The first kappa shape index (κ1) is 8.31. The van der Waals surface area contributed by atoms with Crippen molar-refractivity contribution in [2.24, 2.45) is 17.8 Å². The lowest BCUT2D eigenvalue weighted by Crippen LogP contribution is -2.36. The fraction of sp³-hybridized carbons (Fsp3) is 0.818. The predicted octanol–water partition coefficient (Wildman–Crippen LogP) is 2.36. The van der Waals surface area contributed by atoms with E-state index in [0.29, 0.717) is 5.92 Å². The van der Waals surface area contributed by atoms with E-state index >= 15 is 0 Å². The van der Waals surface area contributed by atoms with Crippen molar-refractivity contribution in [1.82, 2.24) is 0 Å². The van der Waals surface area contributed by atoms with Crippen molar-refractivity contribution in [1.29, 1.82) is 0 Å². The first-order valence-electron chi connectivity index (χ1n) is 5.03.